The van der Waals surface area contributed by atoms with Crippen LogP contribution in [0.5, 0.6) is 0 Å². The smallest absolute Gasteiger partial charge is 0.138 e. The van der Waals surface area contributed by atoms with E-state index >= 15 is 0 Å². The van der Waals surface area contributed by atoms with Gasteiger partial charge in [-0.05, 0) is 37.1 Å². The highest BCUT2D eigenvalue weighted by atomic mass is 32.2. The Balaban J connectivity index is 2.17. The van der Waals surface area contributed by atoms with E-state index in [1.165, 1.54) is 29.1 Å². The molecule has 0 atom stereocenters. The maximum atomic E-state index is 4.72. The van der Waals surface area contributed by atoms with E-state index in [0.29, 0.717) is 0 Å². The highest BCUT2D eigenvalue weighted by Crippen LogP contribution is 2.18. The first kappa shape index (κ1) is 12.8. The third kappa shape index (κ3) is 3.19. The molecule has 0 spiro atoms. The van der Waals surface area contributed by atoms with Crippen LogP contribution in [0, 0.1) is 0 Å². The fraction of sp³-hybridized carbons (Fsp3) is 0.692. The standard InChI is InChI=1S/C13H21N3S/c1-3-7-17-9-13-15-11(4-2)10-5-6-14-8-12(10)16-13/h14H,3-9H2,1-2H3. The van der Waals surface area contributed by atoms with Gasteiger partial charge in [-0.25, -0.2) is 9.97 Å². The van der Waals surface area contributed by atoms with Crippen LogP contribution >= 0.6 is 11.8 Å². The second-order valence-corrected chi connectivity index (χ2v) is 5.45. The Labute approximate surface area is 108 Å². The van der Waals surface area contributed by atoms with Crippen LogP contribution in [0.15, 0.2) is 0 Å². The molecule has 1 aromatic rings. The molecular weight excluding hydrogens is 230 g/mol. The minimum absolute atomic E-state index is 0.913. The Morgan fingerprint density at radius 1 is 1.29 bits per heavy atom. The predicted octanol–water partition coefficient (Wildman–Crippen LogP) is 2.33. The topological polar surface area (TPSA) is 37.8 Å². The van der Waals surface area contributed by atoms with Gasteiger partial charge in [-0.15, -0.1) is 0 Å². The van der Waals surface area contributed by atoms with Crippen molar-refractivity contribution in [3.05, 3.63) is 22.8 Å². The molecule has 1 aromatic heterocycles. The van der Waals surface area contributed by atoms with E-state index in [0.717, 1.165) is 37.5 Å². The molecule has 0 radical (unpaired) electrons. The summed E-state index contributed by atoms with van der Waals surface area (Å²) < 4.78 is 0. The van der Waals surface area contributed by atoms with Gasteiger partial charge in [0.1, 0.15) is 5.82 Å². The molecule has 0 bridgehead atoms. The van der Waals surface area contributed by atoms with E-state index in [2.05, 4.69) is 19.2 Å². The van der Waals surface area contributed by atoms with E-state index < -0.39 is 0 Å². The van der Waals surface area contributed by atoms with Gasteiger partial charge < -0.3 is 5.32 Å². The highest BCUT2D eigenvalue weighted by molar-refractivity contribution is 7.98. The maximum absolute atomic E-state index is 4.72. The summed E-state index contributed by atoms with van der Waals surface area (Å²) in [5.41, 5.74) is 3.90. The number of nitrogens with one attached hydrogen (secondary N) is 1. The van der Waals surface area contributed by atoms with Gasteiger partial charge >= 0.3 is 0 Å². The van der Waals surface area contributed by atoms with Crippen molar-refractivity contribution in [3.63, 3.8) is 0 Å². The number of hydrogen-bond donors (Lipinski definition) is 1. The number of aromatic nitrogens is 2. The molecule has 1 N–H and O–H groups in total. The third-order valence-corrected chi connectivity index (χ3v) is 4.14. The SMILES string of the molecule is CCCSCc1nc(CC)c2c(n1)CNCC2. The van der Waals surface area contributed by atoms with Gasteiger partial charge in [0.15, 0.2) is 0 Å². The predicted molar refractivity (Wildman–Crippen MR) is 73.3 cm³/mol. The van der Waals surface area contributed by atoms with Gasteiger partial charge in [-0.2, -0.15) is 11.8 Å². The number of thioether (sulfide) groups is 1. The summed E-state index contributed by atoms with van der Waals surface area (Å²) in [6.07, 6.45) is 3.33. The number of nitrogens with zero attached hydrogens (tertiary/aromatic N) is 2. The summed E-state index contributed by atoms with van der Waals surface area (Å²) in [6, 6.07) is 0. The Hall–Kier alpha value is -0.610. The summed E-state index contributed by atoms with van der Waals surface area (Å²) in [4.78, 5) is 9.42. The lowest BCUT2D eigenvalue weighted by molar-refractivity contribution is 0.611. The maximum Gasteiger partial charge on any atom is 0.138 e. The van der Waals surface area contributed by atoms with Crippen molar-refractivity contribution in [2.24, 2.45) is 0 Å². The first-order valence-electron chi connectivity index (χ1n) is 6.51. The van der Waals surface area contributed by atoms with Crippen LogP contribution in [0.25, 0.3) is 0 Å². The molecule has 1 aliphatic rings. The van der Waals surface area contributed by atoms with E-state index in [1.807, 2.05) is 11.8 Å². The van der Waals surface area contributed by atoms with E-state index in [4.69, 9.17) is 9.97 Å². The van der Waals surface area contributed by atoms with Crippen LogP contribution < -0.4 is 5.32 Å². The molecule has 0 fully saturated rings. The van der Waals surface area contributed by atoms with Crippen molar-refractivity contribution in [1.82, 2.24) is 15.3 Å². The quantitative estimate of drug-likeness (QED) is 0.815. The fourth-order valence-electron chi connectivity index (χ4n) is 2.16. The lowest BCUT2D eigenvalue weighted by Gasteiger charge is -2.19. The zero-order valence-corrected chi connectivity index (χ0v) is 11.6. The van der Waals surface area contributed by atoms with Gasteiger partial charge in [0.05, 0.1) is 11.4 Å². The monoisotopic (exact) mass is 251 g/mol. The second-order valence-electron chi connectivity index (χ2n) is 4.34. The summed E-state index contributed by atoms with van der Waals surface area (Å²) in [5.74, 6) is 3.16. The molecule has 17 heavy (non-hydrogen) atoms. The van der Waals surface area contributed by atoms with Crippen molar-refractivity contribution < 1.29 is 0 Å². The first-order valence-corrected chi connectivity index (χ1v) is 7.66. The first-order chi connectivity index (χ1) is 8.35. The van der Waals surface area contributed by atoms with Crippen molar-refractivity contribution >= 4 is 11.8 Å². The van der Waals surface area contributed by atoms with Gasteiger partial charge in [0.25, 0.3) is 0 Å². The Bertz CT molecular complexity index is 362. The van der Waals surface area contributed by atoms with E-state index in [9.17, 15) is 0 Å². The van der Waals surface area contributed by atoms with E-state index in [1.54, 1.807) is 0 Å². The molecule has 0 saturated heterocycles. The minimum atomic E-state index is 0.913. The minimum Gasteiger partial charge on any atom is -0.311 e. The highest BCUT2D eigenvalue weighted by Gasteiger charge is 2.16. The molecule has 4 heteroatoms. The average molecular weight is 251 g/mol. The normalized spacial score (nSPS) is 14.7. The zero-order chi connectivity index (χ0) is 12.1. The largest absolute Gasteiger partial charge is 0.311 e. The number of fused-ring (bicyclic) bond motifs is 1. The molecule has 2 rings (SSSR count). The van der Waals surface area contributed by atoms with Crippen LogP contribution in [0.4, 0.5) is 0 Å². The lowest BCUT2D eigenvalue weighted by atomic mass is 10.0. The Morgan fingerprint density at radius 3 is 2.94 bits per heavy atom. The Kier molecular flexibility index (Phi) is 4.80. The second kappa shape index (κ2) is 6.36. The molecule has 2 heterocycles. The molecule has 0 amide bonds. The van der Waals surface area contributed by atoms with Gasteiger partial charge in [-0.3, -0.25) is 0 Å². The average Bonchev–Trinajstić information content (AvgIpc) is 2.38. The molecule has 94 valence electrons. The summed E-state index contributed by atoms with van der Waals surface area (Å²) in [7, 11) is 0. The van der Waals surface area contributed by atoms with Crippen molar-refractivity contribution in [1.29, 1.82) is 0 Å². The van der Waals surface area contributed by atoms with E-state index in [-0.39, 0.29) is 0 Å². The van der Waals surface area contributed by atoms with Crippen LogP contribution in [0.1, 0.15) is 43.0 Å². The van der Waals surface area contributed by atoms with Gasteiger partial charge in [-0.1, -0.05) is 13.8 Å². The number of rotatable bonds is 5. The van der Waals surface area contributed by atoms with Crippen LogP contribution in [0.2, 0.25) is 0 Å². The van der Waals surface area contributed by atoms with Gasteiger partial charge in [0, 0.05) is 12.2 Å². The lowest BCUT2D eigenvalue weighted by Crippen LogP contribution is -2.27. The fourth-order valence-corrected chi connectivity index (χ4v) is 2.90. The molecular formula is C13H21N3S. The molecule has 0 aromatic carbocycles. The summed E-state index contributed by atoms with van der Waals surface area (Å²) in [6.45, 7) is 6.37. The van der Waals surface area contributed by atoms with Crippen molar-refractivity contribution in [3.8, 4) is 0 Å². The summed E-state index contributed by atoms with van der Waals surface area (Å²) >= 11 is 1.93. The summed E-state index contributed by atoms with van der Waals surface area (Å²) in [5, 5.41) is 3.39. The van der Waals surface area contributed by atoms with Crippen LogP contribution in [0.3, 0.4) is 0 Å². The molecule has 0 aliphatic carbocycles. The molecule has 0 unspecified atom stereocenters. The van der Waals surface area contributed by atoms with Crippen LogP contribution in [-0.4, -0.2) is 22.3 Å². The Morgan fingerprint density at radius 2 is 2.18 bits per heavy atom. The third-order valence-electron chi connectivity index (χ3n) is 2.98. The zero-order valence-electron chi connectivity index (χ0n) is 10.8. The molecule has 0 saturated carbocycles. The van der Waals surface area contributed by atoms with Crippen molar-refractivity contribution in [2.75, 3.05) is 12.3 Å². The van der Waals surface area contributed by atoms with Crippen LogP contribution in [-0.2, 0) is 25.1 Å². The molecule has 3 nitrogen and oxygen atoms in total. The number of aryl methyl sites for hydroxylation is 1. The molecule has 1 aliphatic heterocycles. The van der Waals surface area contributed by atoms with Gasteiger partial charge in [0.2, 0.25) is 0 Å². The van der Waals surface area contributed by atoms with Crippen molar-refractivity contribution in [2.45, 2.75) is 45.4 Å². The number of hydrogen-bond acceptors (Lipinski definition) is 4.